The smallest absolute Gasteiger partial charge is 0.224 e. The number of phenols is 1. The molecule has 0 spiro atoms. The minimum atomic E-state index is -1.56. The average molecular weight is 469 g/mol. The maximum atomic E-state index is 16.0. The van der Waals surface area contributed by atoms with Crippen LogP contribution in [0.25, 0.3) is 5.57 Å². The van der Waals surface area contributed by atoms with Crippen LogP contribution in [0, 0.1) is 5.82 Å². The van der Waals surface area contributed by atoms with Crippen molar-refractivity contribution in [3.63, 3.8) is 0 Å². The van der Waals surface area contributed by atoms with Gasteiger partial charge in [0.2, 0.25) is 11.7 Å². The van der Waals surface area contributed by atoms with Crippen molar-refractivity contribution in [2.75, 3.05) is 14.2 Å². The number of allylic oxidation sites excluding steroid dienone is 1. The maximum absolute atomic E-state index is 16.0. The number of amides is 1. The first kappa shape index (κ1) is 23.4. The number of alkyl halides is 1. The lowest BCUT2D eigenvalue weighted by atomic mass is 9.87. The Hall–Kier alpha value is -3.81. The molecule has 1 heterocycles. The van der Waals surface area contributed by atoms with Crippen molar-refractivity contribution < 1.29 is 32.6 Å². The lowest BCUT2D eigenvalue weighted by Gasteiger charge is -2.21. The molecule has 0 bridgehead atoms. The van der Waals surface area contributed by atoms with E-state index >= 15 is 4.39 Å². The number of fused-ring (bicyclic) bond motifs is 1. The zero-order valence-electron chi connectivity index (χ0n) is 19.0. The van der Waals surface area contributed by atoms with E-state index < -0.39 is 17.9 Å². The molecule has 0 radical (unpaired) electrons. The van der Waals surface area contributed by atoms with E-state index in [-0.39, 0.29) is 41.7 Å². The summed E-state index contributed by atoms with van der Waals surface area (Å²) in [5, 5.41) is 13.0. The molecule has 34 heavy (non-hydrogen) atoms. The number of carbonyl (C=O) groups is 1. The number of hydrogen-bond donors (Lipinski definition) is 2. The van der Waals surface area contributed by atoms with Gasteiger partial charge in [0, 0.05) is 5.92 Å². The fraction of sp³-hybridized carbons (Fsp3) is 0.269. The van der Waals surface area contributed by atoms with Gasteiger partial charge in [-0.05, 0) is 65.6 Å². The standard InChI is InChI=1S/C26H25F2NO5/c1-14-19(12-23(30)29-13-17-5-4-8-34-17)20-11-16(27)6-7-18(20)24(14)25(28)15-9-21(32-2)26(31)22(10-15)33-3/h4-11,24-25,31H,12-13H2,1-3H3,(H,29,30). The van der Waals surface area contributed by atoms with E-state index in [0.29, 0.717) is 28.0 Å². The monoisotopic (exact) mass is 469 g/mol. The minimum absolute atomic E-state index is 0.0333. The predicted molar refractivity (Wildman–Crippen MR) is 122 cm³/mol. The maximum Gasteiger partial charge on any atom is 0.224 e. The normalized spacial score (nSPS) is 15.7. The van der Waals surface area contributed by atoms with Crippen molar-refractivity contribution in [1.29, 1.82) is 0 Å². The molecule has 3 aromatic rings. The SMILES string of the molecule is COc1cc(C(F)C2C(C)=C(CC(=O)NCc3ccco3)c3cc(F)ccc32)cc(OC)c1O. The molecule has 1 aliphatic carbocycles. The largest absolute Gasteiger partial charge is 0.502 e. The van der Waals surface area contributed by atoms with Gasteiger partial charge in [0.1, 0.15) is 17.7 Å². The van der Waals surface area contributed by atoms with Crippen LogP contribution in [-0.2, 0) is 11.3 Å². The number of halogens is 2. The Labute approximate surface area is 195 Å². The predicted octanol–water partition coefficient (Wildman–Crippen LogP) is 5.43. The highest BCUT2D eigenvalue weighted by molar-refractivity contribution is 5.92. The number of nitrogens with one attached hydrogen (secondary N) is 1. The Morgan fingerprint density at radius 3 is 2.50 bits per heavy atom. The summed E-state index contributed by atoms with van der Waals surface area (Å²) in [7, 11) is 2.73. The van der Waals surface area contributed by atoms with E-state index in [2.05, 4.69) is 5.32 Å². The van der Waals surface area contributed by atoms with E-state index in [0.717, 1.165) is 0 Å². The van der Waals surface area contributed by atoms with E-state index in [1.165, 1.54) is 44.7 Å². The molecule has 0 saturated carbocycles. The van der Waals surface area contributed by atoms with Crippen LogP contribution in [-0.4, -0.2) is 25.2 Å². The van der Waals surface area contributed by atoms with Crippen LogP contribution in [0.1, 0.15) is 47.9 Å². The highest BCUT2D eigenvalue weighted by atomic mass is 19.1. The molecule has 1 aliphatic rings. The molecule has 178 valence electrons. The van der Waals surface area contributed by atoms with Crippen LogP contribution in [0.3, 0.4) is 0 Å². The number of hydrogen-bond acceptors (Lipinski definition) is 5. The van der Waals surface area contributed by atoms with Crippen molar-refractivity contribution in [1.82, 2.24) is 5.32 Å². The van der Waals surface area contributed by atoms with Gasteiger partial charge in [0.05, 0.1) is 33.4 Å². The van der Waals surface area contributed by atoms with Crippen molar-refractivity contribution >= 4 is 11.5 Å². The van der Waals surface area contributed by atoms with Gasteiger partial charge in [-0.2, -0.15) is 0 Å². The highest BCUT2D eigenvalue weighted by Crippen LogP contribution is 2.52. The molecule has 2 unspecified atom stereocenters. The van der Waals surface area contributed by atoms with Gasteiger partial charge in [-0.15, -0.1) is 0 Å². The Morgan fingerprint density at radius 2 is 1.88 bits per heavy atom. The highest BCUT2D eigenvalue weighted by Gasteiger charge is 2.37. The lowest BCUT2D eigenvalue weighted by Crippen LogP contribution is -2.22. The molecule has 6 nitrogen and oxygen atoms in total. The third kappa shape index (κ3) is 4.35. The summed E-state index contributed by atoms with van der Waals surface area (Å²) in [6, 6.07) is 10.5. The summed E-state index contributed by atoms with van der Waals surface area (Å²) in [5.41, 5.74) is 2.54. The summed E-state index contributed by atoms with van der Waals surface area (Å²) < 4.78 is 45.7. The number of furan rings is 1. The van der Waals surface area contributed by atoms with E-state index in [4.69, 9.17) is 13.9 Å². The zero-order valence-corrected chi connectivity index (χ0v) is 19.0. The molecular formula is C26H25F2NO5. The van der Waals surface area contributed by atoms with Gasteiger partial charge >= 0.3 is 0 Å². The van der Waals surface area contributed by atoms with Crippen LogP contribution in [0.2, 0.25) is 0 Å². The molecular weight excluding hydrogens is 444 g/mol. The number of methoxy groups -OCH3 is 2. The lowest BCUT2D eigenvalue weighted by molar-refractivity contribution is -0.120. The summed E-state index contributed by atoms with van der Waals surface area (Å²) in [4.78, 5) is 12.7. The summed E-state index contributed by atoms with van der Waals surface area (Å²) in [6.45, 7) is 1.97. The summed E-state index contributed by atoms with van der Waals surface area (Å²) in [5.74, 6) is -0.969. The van der Waals surface area contributed by atoms with Crippen molar-refractivity contribution in [3.8, 4) is 17.2 Å². The molecule has 0 saturated heterocycles. The molecule has 1 aromatic heterocycles. The summed E-state index contributed by atoms with van der Waals surface area (Å²) in [6.07, 6.45) is -0.0750. The molecule has 4 rings (SSSR count). The Balaban J connectivity index is 1.67. The van der Waals surface area contributed by atoms with Gasteiger partial charge in [-0.3, -0.25) is 4.79 Å². The molecule has 1 amide bonds. The quantitative estimate of drug-likeness (QED) is 0.460. The van der Waals surface area contributed by atoms with Crippen LogP contribution in [0.15, 0.2) is 58.7 Å². The first-order chi connectivity index (χ1) is 16.3. The third-order valence-electron chi connectivity index (χ3n) is 6.11. The van der Waals surface area contributed by atoms with Crippen molar-refractivity contribution in [2.45, 2.75) is 32.0 Å². The fourth-order valence-corrected chi connectivity index (χ4v) is 4.39. The number of rotatable bonds is 8. The average Bonchev–Trinajstić information content (AvgIpc) is 3.44. The van der Waals surface area contributed by atoms with Crippen LogP contribution in [0.4, 0.5) is 8.78 Å². The van der Waals surface area contributed by atoms with Crippen LogP contribution < -0.4 is 14.8 Å². The topological polar surface area (TPSA) is 80.9 Å². The molecule has 0 aliphatic heterocycles. The number of aromatic hydroxyl groups is 1. The van der Waals surface area contributed by atoms with E-state index in [1.807, 2.05) is 0 Å². The second-order valence-electron chi connectivity index (χ2n) is 8.08. The second-order valence-corrected chi connectivity index (χ2v) is 8.08. The van der Waals surface area contributed by atoms with Crippen molar-refractivity contribution in [3.05, 3.63) is 82.6 Å². The van der Waals surface area contributed by atoms with Gasteiger partial charge in [-0.25, -0.2) is 8.78 Å². The molecule has 2 atom stereocenters. The molecule has 2 aromatic carbocycles. The van der Waals surface area contributed by atoms with E-state index in [9.17, 15) is 14.3 Å². The minimum Gasteiger partial charge on any atom is -0.502 e. The first-order valence-corrected chi connectivity index (χ1v) is 10.7. The number of phenolic OH excluding ortho intramolecular Hbond substituents is 1. The zero-order chi connectivity index (χ0) is 24.4. The third-order valence-corrected chi connectivity index (χ3v) is 6.11. The second kappa shape index (κ2) is 9.59. The number of carbonyl (C=O) groups excluding carboxylic acids is 1. The van der Waals surface area contributed by atoms with Crippen LogP contribution in [0.5, 0.6) is 17.2 Å². The van der Waals surface area contributed by atoms with Crippen molar-refractivity contribution in [2.24, 2.45) is 0 Å². The molecule has 0 fully saturated rings. The number of benzene rings is 2. The van der Waals surface area contributed by atoms with Gasteiger partial charge < -0.3 is 24.3 Å². The number of ether oxygens (including phenoxy) is 2. The summed E-state index contributed by atoms with van der Waals surface area (Å²) >= 11 is 0. The Morgan fingerprint density at radius 1 is 1.18 bits per heavy atom. The Bertz CT molecular complexity index is 1210. The van der Waals surface area contributed by atoms with Crippen LogP contribution >= 0.6 is 0 Å². The van der Waals surface area contributed by atoms with E-state index in [1.54, 1.807) is 25.1 Å². The van der Waals surface area contributed by atoms with Gasteiger partial charge in [0.25, 0.3) is 0 Å². The Kier molecular flexibility index (Phi) is 6.58. The van der Waals surface area contributed by atoms with Gasteiger partial charge in [-0.1, -0.05) is 11.6 Å². The van der Waals surface area contributed by atoms with Gasteiger partial charge in [0.15, 0.2) is 11.5 Å². The first-order valence-electron chi connectivity index (χ1n) is 10.7. The molecule has 8 heteroatoms. The fourth-order valence-electron chi connectivity index (χ4n) is 4.39. The molecule has 2 N–H and O–H groups in total.